The van der Waals surface area contributed by atoms with Gasteiger partial charge in [0.05, 0.1) is 4.34 Å². The largest absolute Gasteiger partial charge is 0.361 e. The Hall–Kier alpha value is -2.03. The second-order valence-electron chi connectivity index (χ2n) is 5.78. The first kappa shape index (κ1) is 14.6. The third-order valence-electron chi connectivity index (χ3n) is 4.19. The van der Waals surface area contributed by atoms with Crippen molar-refractivity contribution in [3.8, 4) is 0 Å². The molecular formula is C20H16ClNS. The lowest BCUT2D eigenvalue weighted by Crippen LogP contribution is -2.00. The lowest BCUT2D eigenvalue weighted by Gasteiger charge is -2.16. The molecule has 3 heteroatoms. The molecule has 2 aromatic heterocycles. The Morgan fingerprint density at radius 3 is 2.57 bits per heavy atom. The summed E-state index contributed by atoms with van der Waals surface area (Å²) in [6, 6.07) is 21.3. The standard InChI is InChI=1S/C20H16ClNS/c1-13-7-8-17-15(11-13)16(12-22-17)20(14-5-3-2-4-6-14)18-9-10-19(21)23-18/h2-12,20,22H,1H3/t20-/m0/s1. The zero-order valence-electron chi connectivity index (χ0n) is 12.7. The van der Waals surface area contributed by atoms with E-state index < -0.39 is 0 Å². The minimum atomic E-state index is 0.198. The second kappa shape index (κ2) is 5.88. The number of aromatic amines is 1. The number of nitrogens with one attached hydrogen (secondary N) is 1. The van der Waals surface area contributed by atoms with Gasteiger partial charge in [0.15, 0.2) is 0 Å². The number of aryl methyl sites for hydroxylation is 1. The molecule has 2 aromatic carbocycles. The van der Waals surface area contributed by atoms with Gasteiger partial charge in [0.2, 0.25) is 0 Å². The first-order valence-corrected chi connectivity index (χ1v) is 8.79. The normalized spacial score (nSPS) is 12.6. The van der Waals surface area contributed by atoms with Gasteiger partial charge in [0.25, 0.3) is 0 Å². The van der Waals surface area contributed by atoms with Gasteiger partial charge in [0.1, 0.15) is 0 Å². The van der Waals surface area contributed by atoms with Crippen molar-refractivity contribution in [1.82, 2.24) is 4.98 Å². The Morgan fingerprint density at radius 1 is 1.00 bits per heavy atom. The first-order valence-electron chi connectivity index (χ1n) is 7.60. The number of hydrogen-bond donors (Lipinski definition) is 1. The van der Waals surface area contributed by atoms with E-state index in [2.05, 4.69) is 72.7 Å². The minimum absolute atomic E-state index is 0.198. The summed E-state index contributed by atoms with van der Waals surface area (Å²) in [6.07, 6.45) is 2.13. The van der Waals surface area contributed by atoms with E-state index in [-0.39, 0.29) is 5.92 Å². The molecule has 0 aliphatic heterocycles. The molecule has 0 spiro atoms. The first-order chi connectivity index (χ1) is 11.2. The third-order valence-corrected chi connectivity index (χ3v) is 5.49. The maximum absolute atomic E-state index is 6.21. The number of fused-ring (bicyclic) bond motifs is 1. The predicted octanol–water partition coefficient (Wildman–Crippen LogP) is 6.37. The van der Waals surface area contributed by atoms with Crippen LogP contribution in [0.5, 0.6) is 0 Å². The molecular weight excluding hydrogens is 322 g/mol. The Balaban J connectivity index is 1.95. The maximum atomic E-state index is 6.21. The third kappa shape index (κ3) is 2.69. The van der Waals surface area contributed by atoms with E-state index in [1.807, 2.05) is 6.07 Å². The number of hydrogen-bond acceptors (Lipinski definition) is 1. The van der Waals surface area contributed by atoms with Crippen LogP contribution in [0.15, 0.2) is 66.9 Å². The second-order valence-corrected chi connectivity index (χ2v) is 7.53. The zero-order valence-corrected chi connectivity index (χ0v) is 14.3. The van der Waals surface area contributed by atoms with E-state index in [9.17, 15) is 0 Å². The highest BCUT2D eigenvalue weighted by Gasteiger charge is 2.21. The smallest absolute Gasteiger partial charge is 0.0931 e. The summed E-state index contributed by atoms with van der Waals surface area (Å²) in [5, 5.41) is 1.28. The summed E-state index contributed by atoms with van der Waals surface area (Å²) in [7, 11) is 0. The lowest BCUT2D eigenvalue weighted by atomic mass is 9.89. The van der Waals surface area contributed by atoms with Gasteiger partial charge in [-0.15, -0.1) is 11.3 Å². The molecule has 1 atom stereocenters. The number of thiophene rings is 1. The Kier molecular flexibility index (Phi) is 3.72. The van der Waals surface area contributed by atoms with Crippen LogP contribution in [0.2, 0.25) is 4.34 Å². The van der Waals surface area contributed by atoms with E-state index in [0.717, 1.165) is 4.34 Å². The molecule has 0 aliphatic carbocycles. The van der Waals surface area contributed by atoms with Crippen LogP contribution in [-0.4, -0.2) is 4.98 Å². The van der Waals surface area contributed by atoms with Crippen LogP contribution in [-0.2, 0) is 0 Å². The van der Waals surface area contributed by atoms with E-state index in [0.29, 0.717) is 0 Å². The molecule has 0 aliphatic rings. The van der Waals surface area contributed by atoms with Crippen molar-refractivity contribution in [2.45, 2.75) is 12.8 Å². The summed E-state index contributed by atoms with van der Waals surface area (Å²) in [4.78, 5) is 4.68. The van der Waals surface area contributed by atoms with E-state index >= 15 is 0 Å². The topological polar surface area (TPSA) is 15.8 Å². The molecule has 0 unspecified atom stereocenters. The van der Waals surface area contributed by atoms with Crippen molar-refractivity contribution in [2.75, 3.05) is 0 Å². The van der Waals surface area contributed by atoms with Gasteiger partial charge in [-0.05, 0) is 42.3 Å². The molecule has 4 aromatic rings. The Bertz CT molecular complexity index is 952. The minimum Gasteiger partial charge on any atom is -0.361 e. The highest BCUT2D eigenvalue weighted by Crippen LogP contribution is 2.40. The average molecular weight is 338 g/mol. The molecule has 0 saturated carbocycles. The zero-order chi connectivity index (χ0) is 15.8. The van der Waals surface area contributed by atoms with Crippen molar-refractivity contribution in [3.63, 3.8) is 0 Å². The highest BCUT2D eigenvalue weighted by atomic mass is 35.5. The molecule has 0 saturated heterocycles. The monoisotopic (exact) mass is 337 g/mol. The van der Waals surface area contributed by atoms with Crippen LogP contribution in [0.25, 0.3) is 10.9 Å². The Labute approximate surface area is 144 Å². The Morgan fingerprint density at radius 2 is 1.83 bits per heavy atom. The van der Waals surface area contributed by atoms with Gasteiger partial charge in [-0.3, -0.25) is 0 Å². The summed E-state index contributed by atoms with van der Waals surface area (Å²) >= 11 is 7.86. The van der Waals surface area contributed by atoms with Crippen molar-refractivity contribution in [2.24, 2.45) is 0 Å². The number of H-pyrrole nitrogens is 1. The fourth-order valence-electron chi connectivity index (χ4n) is 3.12. The van der Waals surface area contributed by atoms with Crippen molar-refractivity contribution in [3.05, 3.63) is 92.8 Å². The van der Waals surface area contributed by atoms with Crippen LogP contribution in [0, 0.1) is 6.92 Å². The molecule has 2 heterocycles. The molecule has 0 amide bonds. The molecule has 0 fully saturated rings. The van der Waals surface area contributed by atoms with Gasteiger partial charge in [-0.1, -0.05) is 53.6 Å². The van der Waals surface area contributed by atoms with Gasteiger partial charge in [-0.25, -0.2) is 0 Å². The van der Waals surface area contributed by atoms with Crippen molar-refractivity contribution in [1.29, 1.82) is 0 Å². The number of benzene rings is 2. The average Bonchev–Trinajstić information content (AvgIpc) is 3.16. The van der Waals surface area contributed by atoms with Crippen LogP contribution in [0.3, 0.4) is 0 Å². The van der Waals surface area contributed by atoms with Crippen LogP contribution < -0.4 is 0 Å². The van der Waals surface area contributed by atoms with Gasteiger partial charge < -0.3 is 4.98 Å². The molecule has 0 radical (unpaired) electrons. The van der Waals surface area contributed by atoms with Gasteiger partial charge in [-0.2, -0.15) is 0 Å². The summed E-state index contributed by atoms with van der Waals surface area (Å²) < 4.78 is 0.831. The molecule has 23 heavy (non-hydrogen) atoms. The van der Waals surface area contributed by atoms with Crippen LogP contribution >= 0.6 is 22.9 Å². The lowest BCUT2D eigenvalue weighted by molar-refractivity contribution is 1.02. The van der Waals surface area contributed by atoms with Crippen molar-refractivity contribution < 1.29 is 0 Å². The van der Waals surface area contributed by atoms with Crippen LogP contribution in [0.1, 0.15) is 27.5 Å². The van der Waals surface area contributed by atoms with Gasteiger partial charge in [0, 0.05) is 27.9 Å². The summed E-state index contributed by atoms with van der Waals surface area (Å²) in [6.45, 7) is 2.13. The molecule has 1 N–H and O–H groups in total. The number of aromatic nitrogens is 1. The van der Waals surface area contributed by atoms with E-state index in [1.165, 1.54) is 32.5 Å². The SMILES string of the molecule is Cc1ccc2[nH]cc([C@H](c3ccccc3)c3ccc(Cl)s3)c2c1. The highest BCUT2D eigenvalue weighted by molar-refractivity contribution is 7.16. The maximum Gasteiger partial charge on any atom is 0.0931 e. The number of rotatable bonds is 3. The molecule has 1 nitrogen and oxygen atoms in total. The summed E-state index contributed by atoms with van der Waals surface area (Å²) in [5.41, 5.74) is 5.03. The fraction of sp³-hybridized carbons (Fsp3) is 0.100. The number of halogens is 1. The molecule has 114 valence electrons. The van der Waals surface area contributed by atoms with E-state index in [4.69, 9.17) is 11.6 Å². The van der Waals surface area contributed by atoms with Crippen molar-refractivity contribution >= 4 is 33.8 Å². The van der Waals surface area contributed by atoms with E-state index in [1.54, 1.807) is 11.3 Å². The quantitative estimate of drug-likeness (QED) is 0.447. The van der Waals surface area contributed by atoms with Gasteiger partial charge >= 0.3 is 0 Å². The molecule has 4 rings (SSSR count). The molecule has 0 bridgehead atoms. The van der Waals surface area contributed by atoms with Crippen LogP contribution in [0.4, 0.5) is 0 Å². The predicted molar refractivity (Wildman–Crippen MR) is 99.8 cm³/mol. The fourth-order valence-corrected chi connectivity index (χ4v) is 4.33. The summed E-state index contributed by atoms with van der Waals surface area (Å²) in [5.74, 6) is 0.198.